The summed E-state index contributed by atoms with van der Waals surface area (Å²) in [5.74, 6) is 0.0671. The Morgan fingerprint density at radius 3 is 2.35 bits per heavy atom. The molecule has 1 aromatic carbocycles. The number of hydrogen-bond donors (Lipinski definition) is 1. The second-order valence-electron chi connectivity index (χ2n) is 14.0. The number of benzene rings is 1. The van der Waals surface area contributed by atoms with Gasteiger partial charge in [-0.3, -0.25) is 0 Å². The first-order valence-corrected chi connectivity index (χ1v) is 19.2. The summed E-state index contributed by atoms with van der Waals surface area (Å²) in [7, 11) is 0. The molecular weight excluding hydrogens is 653 g/mol. The maximum absolute atomic E-state index is 11.9. The van der Waals surface area contributed by atoms with Crippen molar-refractivity contribution in [2.75, 3.05) is 0 Å². The van der Waals surface area contributed by atoms with Crippen molar-refractivity contribution < 1.29 is 5.11 Å². The fourth-order valence-electron chi connectivity index (χ4n) is 7.08. The van der Waals surface area contributed by atoms with Crippen LogP contribution in [-0.4, -0.2) is 11.2 Å². The molecule has 3 aliphatic rings. The first-order valence-electron chi connectivity index (χ1n) is 19.2. The van der Waals surface area contributed by atoms with Crippen molar-refractivity contribution in [3.8, 4) is 0 Å². The molecule has 1 aromatic rings. The summed E-state index contributed by atoms with van der Waals surface area (Å²) >= 11 is 0. The van der Waals surface area contributed by atoms with E-state index in [0.717, 1.165) is 80.5 Å². The number of hydrogen-bond acceptors (Lipinski definition) is 1. The molecule has 1 nitrogen and oxygen atoms in total. The summed E-state index contributed by atoms with van der Waals surface area (Å²) in [6, 6.07) is 8.82. The van der Waals surface area contributed by atoms with E-state index >= 15 is 0 Å². The lowest BCUT2D eigenvalue weighted by Crippen LogP contribution is -2.30. The molecule has 1 N–H and O–H groups in total. The van der Waals surface area contributed by atoms with E-state index < -0.39 is 6.10 Å². The van der Waals surface area contributed by atoms with Crippen LogP contribution in [0.2, 0.25) is 0 Å². The molecule has 1 heteroatoms. The summed E-state index contributed by atoms with van der Waals surface area (Å²) in [5.41, 5.74) is 11.6. The topological polar surface area (TPSA) is 20.2 Å². The highest BCUT2D eigenvalue weighted by Crippen LogP contribution is 2.42. The van der Waals surface area contributed by atoms with Gasteiger partial charge in [-0.1, -0.05) is 197 Å². The van der Waals surface area contributed by atoms with Gasteiger partial charge in [-0.25, -0.2) is 0 Å². The third-order valence-corrected chi connectivity index (χ3v) is 9.92. The molecule has 0 bridgehead atoms. The second kappa shape index (κ2) is 21.3. The molecule has 0 saturated heterocycles. The van der Waals surface area contributed by atoms with E-state index in [1.807, 2.05) is 43.4 Å². The minimum absolute atomic E-state index is 0.0591. The van der Waals surface area contributed by atoms with Crippen molar-refractivity contribution in [1.29, 1.82) is 0 Å². The largest absolute Gasteiger partial charge is 0.392 e. The molecule has 0 radical (unpaired) electrons. The third-order valence-electron chi connectivity index (χ3n) is 9.92. The molecule has 0 fully saturated rings. The van der Waals surface area contributed by atoms with Crippen molar-refractivity contribution in [3.05, 3.63) is 241 Å². The van der Waals surface area contributed by atoms with Gasteiger partial charge in [0.2, 0.25) is 0 Å². The van der Waals surface area contributed by atoms with Crippen LogP contribution >= 0.6 is 0 Å². The molecule has 4 unspecified atom stereocenters. The number of aliphatic hydroxyl groups excluding tert-OH is 1. The number of unbranched alkanes of at least 4 members (excludes halogenated alkanes) is 1. The Bertz CT molecular complexity index is 1970. The normalized spacial score (nSPS) is 26.0. The van der Waals surface area contributed by atoms with Crippen molar-refractivity contribution in [2.24, 2.45) is 17.8 Å². The van der Waals surface area contributed by atoms with Crippen molar-refractivity contribution in [1.82, 2.24) is 0 Å². The number of rotatable bonds is 12. The van der Waals surface area contributed by atoms with E-state index in [1.54, 1.807) is 0 Å². The minimum Gasteiger partial charge on any atom is -0.392 e. The second-order valence-corrected chi connectivity index (χ2v) is 14.0. The smallest absolute Gasteiger partial charge is 0.0617 e. The van der Waals surface area contributed by atoms with Crippen molar-refractivity contribution >= 4 is 11.1 Å². The molecule has 4 atom stereocenters. The summed E-state index contributed by atoms with van der Waals surface area (Å²) in [5, 5.41) is 11.9. The lowest BCUT2D eigenvalue weighted by molar-refractivity contribution is 0.103. The van der Waals surface area contributed by atoms with Gasteiger partial charge < -0.3 is 5.11 Å². The number of aliphatic hydroxyl groups is 1. The quantitative estimate of drug-likeness (QED) is 0.130. The third kappa shape index (κ3) is 11.5. The highest BCUT2D eigenvalue weighted by molar-refractivity contribution is 5.87. The molecular formula is C53H58O. The highest BCUT2D eigenvalue weighted by Gasteiger charge is 2.32. The predicted molar refractivity (Wildman–Crippen MR) is 238 cm³/mol. The first kappa shape index (κ1) is 41.3. The average Bonchev–Trinajstić information content (AvgIpc) is 3.17. The van der Waals surface area contributed by atoms with Gasteiger partial charge in [0.1, 0.15) is 0 Å². The molecule has 0 spiro atoms. The summed E-state index contributed by atoms with van der Waals surface area (Å²) in [4.78, 5) is 0. The molecule has 0 heterocycles. The lowest BCUT2D eigenvalue weighted by Gasteiger charge is -2.34. The molecule has 54 heavy (non-hydrogen) atoms. The Morgan fingerprint density at radius 2 is 1.61 bits per heavy atom. The monoisotopic (exact) mass is 710 g/mol. The van der Waals surface area contributed by atoms with Gasteiger partial charge in [0.25, 0.3) is 0 Å². The van der Waals surface area contributed by atoms with Gasteiger partial charge in [-0.15, -0.1) is 6.58 Å². The van der Waals surface area contributed by atoms with E-state index in [-0.39, 0.29) is 17.8 Å². The van der Waals surface area contributed by atoms with Gasteiger partial charge in [0, 0.05) is 11.8 Å². The predicted octanol–water partition coefficient (Wildman–Crippen LogP) is 14.0. The van der Waals surface area contributed by atoms with Crippen LogP contribution < -0.4 is 0 Å². The maximum atomic E-state index is 11.9. The molecule has 0 saturated carbocycles. The molecule has 0 amide bonds. The zero-order chi connectivity index (χ0) is 38.9. The summed E-state index contributed by atoms with van der Waals surface area (Å²) < 4.78 is 0. The van der Waals surface area contributed by atoms with E-state index in [0.29, 0.717) is 6.42 Å². The van der Waals surface area contributed by atoms with Gasteiger partial charge in [0.15, 0.2) is 0 Å². The SMILES string of the molecule is C=CCC\C=C/C=C(C(=C)/C=C\C)/C(C=C)=C/C=C(\C)C1C(O)CC/C=C\C(=C)/C(c2ccc(C3=CC(C)/C=C\C=C/C(=C)C=C3)cc2)=C2/C=CC=CC21. The van der Waals surface area contributed by atoms with Crippen LogP contribution in [0.5, 0.6) is 0 Å². The summed E-state index contributed by atoms with van der Waals surface area (Å²) in [6.07, 6.45) is 48.9. The van der Waals surface area contributed by atoms with E-state index in [9.17, 15) is 5.11 Å². The Labute approximate surface area is 326 Å². The van der Waals surface area contributed by atoms with Crippen LogP contribution in [0.3, 0.4) is 0 Å². The van der Waals surface area contributed by atoms with E-state index in [1.165, 1.54) is 0 Å². The molecule has 4 rings (SSSR count). The van der Waals surface area contributed by atoms with Crippen LogP contribution in [0.1, 0.15) is 57.6 Å². The Morgan fingerprint density at radius 1 is 0.870 bits per heavy atom. The number of fused-ring (bicyclic) bond motifs is 1. The fourth-order valence-corrected chi connectivity index (χ4v) is 7.08. The molecule has 276 valence electrons. The standard InChI is InChI=1S/C53H58O/c1-9-12-13-14-15-26-48(41(6)22-10-2)44(11-3)33-31-43(8)53-50-28-20-19-27-49(50)52(42(7)25-18-21-29-51(53)54)46-36-34-45(35-37-46)47-32-30-39(4)23-16-17-24-40(5)38-47/h9-11,14-20,22-28,30-38,40,50-51,53-54H,1,3-4,6-7,12-13,21,29H2,2,5,8H3/b15-14-,22-10-,23-16-,24-17-,25-18-,32-30?,43-31+,44-33+,47-38?,48-26+,52-49+. The Balaban J connectivity index is 1.80. The number of allylic oxidation sites excluding steroid dienone is 30. The fraction of sp³-hybridized carbons (Fsp3) is 0.208. The molecule has 0 aliphatic heterocycles. The van der Waals surface area contributed by atoms with E-state index in [2.05, 4.69) is 168 Å². The first-order chi connectivity index (χ1) is 26.2. The van der Waals surface area contributed by atoms with Crippen molar-refractivity contribution in [2.45, 2.75) is 52.6 Å². The van der Waals surface area contributed by atoms with Crippen LogP contribution in [0.25, 0.3) is 11.1 Å². The van der Waals surface area contributed by atoms with Crippen LogP contribution in [0.4, 0.5) is 0 Å². The van der Waals surface area contributed by atoms with Gasteiger partial charge in [0.05, 0.1) is 6.10 Å². The van der Waals surface area contributed by atoms with Crippen LogP contribution in [-0.2, 0) is 0 Å². The van der Waals surface area contributed by atoms with Crippen LogP contribution in [0.15, 0.2) is 230 Å². The Kier molecular flexibility index (Phi) is 16.2. The Hall–Kier alpha value is -5.50. The summed E-state index contributed by atoms with van der Waals surface area (Å²) in [6.45, 7) is 27.4. The zero-order valence-corrected chi connectivity index (χ0v) is 32.6. The lowest BCUT2D eigenvalue weighted by atomic mass is 9.72. The molecule has 0 aromatic heterocycles. The highest BCUT2D eigenvalue weighted by atomic mass is 16.3. The minimum atomic E-state index is -0.551. The zero-order valence-electron chi connectivity index (χ0n) is 32.6. The maximum Gasteiger partial charge on any atom is 0.0617 e. The van der Waals surface area contributed by atoms with Gasteiger partial charge in [-0.2, -0.15) is 0 Å². The molecule has 3 aliphatic carbocycles. The van der Waals surface area contributed by atoms with Gasteiger partial charge in [-0.05, 0) is 101 Å². The van der Waals surface area contributed by atoms with Crippen molar-refractivity contribution in [3.63, 3.8) is 0 Å². The van der Waals surface area contributed by atoms with E-state index in [4.69, 9.17) is 0 Å². The average molecular weight is 711 g/mol. The van der Waals surface area contributed by atoms with Crippen LogP contribution in [0, 0.1) is 17.8 Å². The van der Waals surface area contributed by atoms with Gasteiger partial charge >= 0.3 is 0 Å².